The van der Waals surface area contributed by atoms with E-state index in [0.29, 0.717) is 53.9 Å². The van der Waals surface area contributed by atoms with Crippen molar-refractivity contribution in [2.24, 2.45) is 17.8 Å². The van der Waals surface area contributed by atoms with E-state index in [1.54, 1.807) is 56.6 Å². The van der Waals surface area contributed by atoms with Crippen molar-refractivity contribution in [1.82, 2.24) is 9.21 Å². The Morgan fingerprint density at radius 1 is 0.952 bits per heavy atom. The van der Waals surface area contributed by atoms with Gasteiger partial charge in [0.1, 0.15) is 0 Å². The summed E-state index contributed by atoms with van der Waals surface area (Å²) in [5, 5.41) is 2.35. The average molecular weight is 610 g/mol. The number of ether oxygens (including phenoxy) is 1. The summed E-state index contributed by atoms with van der Waals surface area (Å²) >= 11 is 1.34. The highest BCUT2D eigenvalue weighted by Crippen LogP contribution is 2.53. The monoisotopic (exact) mass is 609 g/mol. The molecule has 8 nitrogen and oxygen atoms in total. The number of carbonyl (C=O) groups is 2. The van der Waals surface area contributed by atoms with E-state index in [2.05, 4.69) is 20.8 Å². The quantitative estimate of drug-likeness (QED) is 0.293. The molecule has 3 aromatic rings. The van der Waals surface area contributed by atoms with E-state index in [4.69, 9.17) is 4.74 Å². The molecule has 2 aromatic carbocycles. The van der Waals surface area contributed by atoms with Crippen molar-refractivity contribution < 1.29 is 22.7 Å². The van der Waals surface area contributed by atoms with Crippen LogP contribution in [0.1, 0.15) is 50.5 Å². The van der Waals surface area contributed by atoms with Gasteiger partial charge in [-0.2, -0.15) is 4.31 Å². The Kier molecular flexibility index (Phi) is 8.51. The fourth-order valence-electron chi connectivity index (χ4n) is 5.79. The van der Waals surface area contributed by atoms with Gasteiger partial charge in [0.15, 0.2) is 5.06 Å². The van der Waals surface area contributed by atoms with Crippen molar-refractivity contribution >= 4 is 39.0 Å². The van der Waals surface area contributed by atoms with Crippen molar-refractivity contribution in [1.29, 1.82) is 0 Å². The molecule has 2 fully saturated rings. The van der Waals surface area contributed by atoms with Crippen molar-refractivity contribution in [3.8, 4) is 5.06 Å². The summed E-state index contributed by atoms with van der Waals surface area (Å²) in [6, 6.07) is 17.8. The Labute approximate surface area is 252 Å². The number of nitrogens with zero attached hydrogens (tertiary/aromatic N) is 3. The average Bonchev–Trinajstić information content (AvgIpc) is 3.32. The summed E-state index contributed by atoms with van der Waals surface area (Å²) in [7, 11) is -3.59. The van der Waals surface area contributed by atoms with Gasteiger partial charge in [-0.1, -0.05) is 32.9 Å². The fraction of sp³-hybridized carbons (Fsp3) is 0.438. The van der Waals surface area contributed by atoms with Gasteiger partial charge in [-0.15, -0.1) is 11.3 Å². The van der Waals surface area contributed by atoms with Crippen LogP contribution in [-0.2, 0) is 15.4 Å². The van der Waals surface area contributed by atoms with E-state index >= 15 is 0 Å². The van der Waals surface area contributed by atoms with Crippen LogP contribution in [0.5, 0.6) is 5.06 Å². The minimum absolute atomic E-state index is 0.0506. The molecule has 1 aliphatic carbocycles. The van der Waals surface area contributed by atoms with Gasteiger partial charge in [0.05, 0.1) is 4.90 Å². The molecule has 5 rings (SSSR count). The molecule has 1 saturated heterocycles. The van der Waals surface area contributed by atoms with Crippen LogP contribution < -0.4 is 9.64 Å². The predicted molar refractivity (Wildman–Crippen MR) is 166 cm³/mol. The van der Waals surface area contributed by atoms with Crippen LogP contribution in [0.2, 0.25) is 0 Å². The summed E-state index contributed by atoms with van der Waals surface area (Å²) in [5.41, 5.74) is 2.24. The molecule has 2 amide bonds. The van der Waals surface area contributed by atoms with Crippen molar-refractivity contribution in [3.05, 3.63) is 77.2 Å². The third kappa shape index (κ3) is 6.11. The second-order valence-corrected chi connectivity index (χ2v) is 14.9. The molecule has 2 atom stereocenters. The van der Waals surface area contributed by atoms with Crippen LogP contribution in [0.3, 0.4) is 0 Å². The minimum Gasteiger partial charge on any atom is -0.399 e. The van der Waals surface area contributed by atoms with Crippen LogP contribution in [0.15, 0.2) is 70.9 Å². The molecule has 0 radical (unpaired) electrons. The van der Waals surface area contributed by atoms with Crippen LogP contribution in [-0.4, -0.2) is 62.3 Å². The molecule has 2 unspecified atom stereocenters. The Bertz CT molecular complexity index is 1500. The molecular weight excluding hydrogens is 571 g/mol. The van der Waals surface area contributed by atoms with Gasteiger partial charge in [0, 0.05) is 44.0 Å². The molecule has 2 heterocycles. The number of piperidine rings is 1. The van der Waals surface area contributed by atoms with Crippen molar-refractivity contribution in [2.75, 3.05) is 37.6 Å². The lowest BCUT2D eigenvalue weighted by molar-refractivity contribution is 0.0773. The molecule has 1 saturated carbocycles. The molecule has 42 heavy (non-hydrogen) atoms. The number of fused-ring (bicyclic) bond motifs is 1. The molecule has 0 bridgehead atoms. The summed E-state index contributed by atoms with van der Waals surface area (Å²) in [6.07, 6.45) is -0.492. The summed E-state index contributed by atoms with van der Waals surface area (Å²) < 4.78 is 34.0. The van der Waals surface area contributed by atoms with E-state index < -0.39 is 16.1 Å². The summed E-state index contributed by atoms with van der Waals surface area (Å²) in [6.45, 7) is 12.7. The van der Waals surface area contributed by atoms with Crippen LogP contribution in [0, 0.1) is 17.8 Å². The zero-order valence-electron chi connectivity index (χ0n) is 24.8. The predicted octanol–water partition coefficient (Wildman–Crippen LogP) is 6.10. The van der Waals surface area contributed by atoms with Gasteiger partial charge < -0.3 is 9.64 Å². The van der Waals surface area contributed by atoms with Gasteiger partial charge in [-0.25, -0.2) is 13.2 Å². The van der Waals surface area contributed by atoms with E-state index in [1.807, 2.05) is 37.4 Å². The lowest BCUT2D eigenvalue weighted by atomic mass is 9.87. The van der Waals surface area contributed by atoms with Crippen LogP contribution >= 0.6 is 11.3 Å². The van der Waals surface area contributed by atoms with Gasteiger partial charge in [0.25, 0.3) is 5.91 Å². The number of thiophene rings is 1. The number of rotatable bonds is 9. The first-order chi connectivity index (χ1) is 19.9. The van der Waals surface area contributed by atoms with E-state index in [0.717, 1.165) is 5.56 Å². The Hall–Kier alpha value is -3.21. The Morgan fingerprint density at radius 2 is 1.57 bits per heavy atom. The highest BCUT2D eigenvalue weighted by molar-refractivity contribution is 7.89. The Morgan fingerprint density at radius 3 is 2.10 bits per heavy atom. The molecule has 1 aromatic heterocycles. The second-order valence-electron chi connectivity index (χ2n) is 12.0. The lowest BCUT2D eigenvalue weighted by Crippen LogP contribution is -2.38. The zero-order chi connectivity index (χ0) is 30.2. The molecular formula is C32H39N3O5S2. The van der Waals surface area contributed by atoms with Crippen LogP contribution in [0.25, 0.3) is 0 Å². The third-order valence-electron chi connectivity index (χ3n) is 8.47. The number of anilines is 1. The van der Waals surface area contributed by atoms with Gasteiger partial charge in [-0.3, -0.25) is 9.69 Å². The molecule has 0 N–H and O–H groups in total. The molecule has 224 valence electrons. The topological polar surface area (TPSA) is 87.2 Å². The minimum atomic E-state index is -3.59. The highest BCUT2D eigenvalue weighted by atomic mass is 32.2. The second kappa shape index (κ2) is 11.8. The highest BCUT2D eigenvalue weighted by Gasteiger charge is 2.58. The van der Waals surface area contributed by atoms with Gasteiger partial charge in [0.2, 0.25) is 10.0 Å². The van der Waals surface area contributed by atoms with E-state index in [9.17, 15) is 18.0 Å². The first-order valence-electron chi connectivity index (χ1n) is 14.5. The first-order valence-corrected chi connectivity index (χ1v) is 16.8. The number of benzene rings is 2. The van der Waals surface area contributed by atoms with Crippen molar-refractivity contribution in [3.63, 3.8) is 0 Å². The maximum absolute atomic E-state index is 13.4. The standard InChI is InChI=1S/C32H39N3O5S2/c1-6-33(7-2)30(36)22-10-14-24(15-11-22)35(31(37)40-29-9-8-18-41-29)21-28-26-19-34(20-27(26)28)42(38,39)25-16-12-23(13-17-25)32(3,4)5/h8-18,26-28H,6-7,19-21H2,1-5H3. The maximum atomic E-state index is 13.4. The summed E-state index contributed by atoms with van der Waals surface area (Å²) in [5.74, 6) is 0.460. The molecule has 1 aliphatic heterocycles. The first kappa shape index (κ1) is 30.3. The molecule has 10 heteroatoms. The largest absolute Gasteiger partial charge is 0.420 e. The molecule has 0 spiro atoms. The molecule has 2 aliphatic rings. The SMILES string of the molecule is CCN(CC)C(=O)c1ccc(N(CC2C3CN(S(=O)(=O)c4ccc(C(C)(C)C)cc4)CC23)C(=O)Oc2cccs2)cc1. The van der Waals surface area contributed by atoms with E-state index in [-0.39, 0.29) is 29.1 Å². The smallest absolute Gasteiger partial charge is 0.399 e. The van der Waals surface area contributed by atoms with Crippen molar-refractivity contribution in [2.45, 2.75) is 44.9 Å². The number of amides is 2. The third-order valence-corrected chi connectivity index (χ3v) is 11.1. The number of sulfonamides is 1. The van der Waals surface area contributed by atoms with E-state index in [1.165, 1.54) is 11.3 Å². The van der Waals surface area contributed by atoms with Gasteiger partial charge in [-0.05, 0) is 96.5 Å². The number of hydrogen-bond acceptors (Lipinski definition) is 6. The maximum Gasteiger partial charge on any atom is 0.420 e. The summed E-state index contributed by atoms with van der Waals surface area (Å²) in [4.78, 5) is 29.8. The van der Waals surface area contributed by atoms with Gasteiger partial charge >= 0.3 is 6.09 Å². The lowest BCUT2D eigenvalue weighted by Gasteiger charge is -2.25. The fourth-order valence-corrected chi connectivity index (χ4v) is 7.87. The number of hydrogen-bond donors (Lipinski definition) is 0. The normalized spacial score (nSPS) is 20.2. The van der Waals surface area contributed by atoms with Crippen LogP contribution in [0.4, 0.5) is 10.5 Å². The Balaban J connectivity index is 1.29. The number of carbonyl (C=O) groups excluding carboxylic acids is 2. The zero-order valence-corrected chi connectivity index (χ0v) is 26.5.